The monoisotopic (exact) mass is 613 g/mol. The summed E-state index contributed by atoms with van der Waals surface area (Å²) >= 11 is 0. The van der Waals surface area contributed by atoms with Gasteiger partial charge in [0.2, 0.25) is 0 Å². The van der Waals surface area contributed by atoms with E-state index in [1.54, 1.807) is 0 Å². The average Bonchev–Trinajstić information content (AvgIpc) is 3.11. The molecule has 0 aliphatic carbocycles. The van der Waals surface area contributed by atoms with Crippen LogP contribution in [0.4, 0.5) is 0 Å². The van der Waals surface area contributed by atoms with Crippen molar-refractivity contribution >= 4 is 7.32 Å². The molecule has 0 spiro atoms. The third-order valence-corrected chi connectivity index (χ3v) is 7.64. The van der Waals surface area contributed by atoms with E-state index >= 15 is 0 Å². The second-order valence-corrected chi connectivity index (χ2v) is 11.3. The molecule has 0 aliphatic heterocycles. The van der Waals surface area contributed by atoms with Crippen molar-refractivity contribution in [3.05, 3.63) is 151 Å². The van der Waals surface area contributed by atoms with E-state index in [-0.39, 0.29) is 0 Å². The third-order valence-electron chi connectivity index (χ3n) is 7.64. The van der Waals surface area contributed by atoms with Crippen molar-refractivity contribution < 1.29 is 18.5 Å². The van der Waals surface area contributed by atoms with Gasteiger partial charge >= 0.3 is 7.32 Å². The number of hydrogen-bond donors (Lipinski definition) is 0. The lowest BCUT2D eigenvalue weighted by atomic mass is 10.0. The lowest BCUT2D eigenvalue weighted by Crippen LogP contribution is -2.39. The molecule has 4 nitrogen and oxygen atoms in total. The first kappa shape index (κ1) is 34.4. The Morgan fingerprint density at radius 2 is 1.04 bits per heavy atom. The molecule has 0 unspecified atom stereocenters. The van der Waals surface area contributed by atoms with E-state index in [4.69, 9.17) is 14.0 Å². The molecular formula is C41H48BNO3. The zero-order chi connectivity index (χ0) is 31.9. The van der Waals surface area contributed by atoms with Crippen molar-refractivity contribution in [2.24, 2.45) is 0 Å². The Morgan fingerprint density at radius 3 is 1.57 bits per heavy atom. The molecule has 0 atom stereocenters. The van der Waals surface area contributed by atoms with Crippen molar-refractivity contribution in [2.45, 2.75) is 77.6 Å². The molecule has 0 saturated carbocycles. The Labute approximate surface area is 277 Å². The van der Waals surface area contributed by atoms with Gasteiger partial charge in [0.25, 0.3) is 5.69 Å². The minimum Gasteiger partial charge on any atom is -0.490 e. The van der Waals surface area contributed by atoms with Gasteiger partial charge in [0, 0.05) is 17.7 Å². The van der Waals surface area contributed by atoms with Crippen molar-refractivity contribution in [2.75, 3.05) is 0 Å². The average molecular weight is 614 g/mol. The van der Waals surface area contributed by atoms with E-state index in [0.717, 1.165) is 24.3 Å². The molecule has 4 aromatic carbocycles. The Kier molecular flexibility index (Phi) is 15.9. The molecular weight excluding hydrogens is 565 g/mol. The van der Waals surface area contributed by atoms with Crippen LogP contribution < -0.4 is 18.5 Å². The highest BCUT2D eigenvalue weighted by atomic mass is 16.7. The molecule has 0 amide bonds. The standard InChI is InChI=1S/C35H43BNO3.C6H5/c1-2-3-4-5-6-7-8-9-10-14-22-31-23-21-28-34(35(31)37-29-19-13-20-30-37)40-36(38-32-24-15-11-16-25-32)39-33-26-17-12-18-27-33;1-2-4-6-5-3-1/h11-13,15-21,23-30H,2-10,14,22H2,1H3;1-5H/q+1;-1. The van der Waals surface area contributed by atoms with Crippen LogP contribution in [0.2, 0.25) is 0 Å². The van der Waals surface area contributed by atoms with Gasteiger partial charge in [-0.15, -0.1) is 0 Å². The zero-order valence-electron chi connectivity index (χ0n) is 27.3. The van der Waals surface area contributed by atoms with Crippen LogP contribution in [0.3, 0.4) is 0 Å². The lowest BCUT2D eigenvalue weighted by molar-refractivity contribution is -0.596. The number of unbranched alkanes of at least 4 members (excludes halogenated alkanes) is 9. The van der Waals surface area contributed by atoms with E-state index in [1.165, 1.54) is 63.4 Å². The molecule has 0 saturated heterocycles. The molecule has 0 fully saturated rings. The minimum absolute atomic E-state index is 0.680. The quantitative estimate of drug-likeness (QED) is 0.0427. The highest BCUT2D eigenvalue weighted by molar-refractivity contribution is 6.39. The van der Waals surface area contributed by atoms with Crippen LogP contribution in [0.15, 0.2) is 140 Å². The van der Waals surface area contributed by atoms with Gasteiger partial charge in [0.15, 0.2) is 18.1 Å². The van der Waals surface area contributed by atoms with E-state index in [1.807, 2.05) is 115 Å². The Hall–Kier alpha value is -4.51. The van der Waals surface area contributed by atoms with Crippen LogP contribution in [-0.2, 0) is 6.42 Å². The molecule has 5 heteroatoms. The summed E-state index contributed by atoms with van der Waals surface area (Å²) in [6.07, 6.45) is 18.4. The number of aromatic nitrogens is 1. The van der Waals surface area contributed by atoms with E-state index in [0.29, 0.717) is 11.5 Å². The predicted octanol–water partition coefficient (Wildman–Crippen LogP) is 10.4. The van der Waals surface area contributed by atoms with Crippen LogP contribution in [0, 0.1) is 6.07 Å². The number of para-hydroxylation sites is 3. The van der Waals surface area contributed by atoms with Crippen LogP contribution in [0.25, 0.3) is 5.69 Å². The summed E-state index contributed by atoms with van der Waals surface area (Å²) in [5, 5.41) is 0. The number of benzene rings is 4. The predicted molar refractivity (Wildman–Crippen MR) is 189 cm³/mol. The number of hydrogen-bond acceptors (Lipinski definition) is 3. The number of aryl methyl sites for hydroxylation is 1. The fraction of sp³-hybridized carbons (Fsp3) is 0.293. The fourth-order valence-corrected chi connectivity index (χ4v) is 5.25. The Morgan fingerprint density at radius 1 is 0.522 bits per heavy atom. The summed E-state index contributed by atoms with van der Waals surface area (Å²) in [5.41, 5.74) is 2.28. The summed E-state index contributed by atoms with van der Waals surface area (Å²) in [4.78, 5) is 0. The van der Waals surface area contributed by atoms with E-state index in [2.05, 4.69) is 42.1 Å². The van der Waals surface area contributed by atoms with Gasteiger partial charge in [-0.25, -0.2) is 0 Å². The number of rotatable bonds is 18. The Bertz CT molecular complexity index is 1380. The topological polar surface area (TPSA) is 31.6 Å². The van der Waals surface area contributed by atoms with Gasteiger partial charge in [-0.3, -0.25) is 0 Å². The molecule has 5 aromatic rings. The second-order valence-electron chi connectivity index (χ2n) is 11.3. The molecule has 238 valence electrons. The molecule has 5 rings (SSSR count). The summed E-state index contributed by atoms with van der Waals surface area (Å²) < 4.78 is 20.9. The van der Waals surface area contributed by atoms with Gasteiger partial charge < -0.3 is 14.0 Å². The van der Waals surface area contributed by atoms with Crippen molar-refractivity contribution in [1.82, 2.24) is 0 Å². The van der Waals surface area contributed by atoms with Crippen LogP contribution in [0.5, 0.6) is 17.2 Å². The lowest BCUT2D eigenvalue weighted by Gasteiger charge is -2.18. The SMILES string of the molecule is CCCCCCCCCCCCc1cccc(OB(Oc2ccccc2)Oc2ccccc2)c1-[n+]1ccccc1.[c-]1ccccc1. The summed E-state index contributed by atoms with van der Waals surface area (Å²) in [6.45, 7) is 2.28. The molecule has 0 aliphatic rings. The Balaban J connectivity index is 0.000000717. The third kappa shape index (κ3) is 12.8. The van der Waals surface area contributed by atoms with Gasteiger partial charge in [-0.05, 0) is 43.2 Å². The highest BCUT2D eigenvalue weighted by Crippen LogP contribution is 2.26. The molecule has 1 heterocycles. The maximum absolute atomic E-state index is 6.48. The van der Waals surface area contributed by atoms with Crippen LogP contribution in [0.1, 0.15) is 76.7 Å². The maximum Gasteiger partial charge on any atom is 0.864 e. The second kappa shape index (κ2) is 21.3. The van der Waals surface area contributed by atoms with Gasteiger partial charge in [-0.2, -0.15) is 41.0 Å². The fourth-order valence-electron chi connectivity index (χ4n) is 5.25. The number of nitrogens with zero attached hydrogens (tertiary/aromatic N) is 1. The van der Waals surface area contributed by atoms with Crippen LogP contribution >= 0.6 is 0 Å². The highest BCUT2D eigenvalue weighted by Gasteiger charge is 2.33. The van der Waals surface area contributed by atoms with Gasteiger partial charge in [0.1, 0.15) is 11.5 Å². The molecule has 0 bridgehead atoms. The molecule has 0 N–H and O–H groups in total. The van der Waals surface area contributed by atoms with Crippen molar-refractivity contribution in [3.8, 4) is 22.9 Å². The zero-order valence-corrected chi connectivity index (χ0v) is 27.3. The first-order valence-corrected chi connectivity index (χ1v) is 16.9. The van der Waals surface area contributed by atoms with Gasteiger partial charge in [-0.1, -0.05) is 119 Å². The number of pyridine rings is 1. The molecule has 46 heavy (non-hydrogen) atoms. The van der Waals surface area contributed by atoms with Crippen molar-refractivity contribution in [3.63, 3.8) is 0 Å². The molecule has 1 aromatic heterocycles. The van der Waals surface area contributed by atoms with Crippen molar-refractivity contribution in [1.29, 1.82) is 0 Å². The minimum atomic E-state index is -0.958. The van der Waals surface area contributed by atoms with E-state index < -0.39 is 7.32 Å². The largest absolute Gasteiger partial charge is 0.864 e. The first-order valence-electron chi connectivity index (χ1n) is 16.9. The van der Waals surface area contributed by atoms with Crippen LogP contribution in [-0.4, -0.2) is 7.32 Å². The summed E-state index contributed by atoms with van der Waals surface area (Å²) in [6, 6.07) is 44.2. The van der Waals surface area contributed by atoms with E-state index in [9.17, 15) is 0 Å². The molecule has 0 radical (unpaired) electrons. The summed E-state index contributed by atoms with van der Waals surface area (Å²) in [5.74, 6) is 2.08. The maximum atomic E-state index is 6.48. The normalized spacial score (nSPS) is 10.4. The smallest absolute Gasteiger partial charge is 0.490 e. The first-order chi connectivity index (χ1) is 22.8. The summed E-state index contributed by atoms with van der Waals surface area (Å²) in [7, 11) is -0.958. The van der Waals surface area contributed by atoms with Gasteiger partial charge in [0.05, 0.1) is 0 Å².